The smallest absolute Gasteiger partial charge is 0.303 e. The van der Waals surface area contributed by atoms with E-state index in [9.17, 15) is 4.79 Å². The summed E-state index contributed by atoms with van der Waals surface area (Å²) >= 11 is 0. The van der Waals surface area contributed by atoms with E-state index in [2.05, 4.69) is 10.3 Å². The Balaban J connectivity index is 2.05. The van der Waals surface area contributed by atoms with Crippen LogP contribution >= 0.6 is 0 Å². The number of fused-ring (bicyclic) bond motifs is 1. The molecule has 0 unspecified atom stereocenters. The van der Waals surface area contributed by atoms with Crippen molar-refractivity contribution >= 4 is 17.0 Å². The second-order valence-electron chi connectivity index (χ2n) is 5.56. The predicted octanol–water partition coefficient (Wildman–Crippen LogP) is 2.31. The standard InChI is InChI=1S/C16H23N3O3/c1-12-13(7-9-15(21)22)6-8-14-16(12)17-18-19(14)10-4-2-3-5-11-20/h6,8,20H,2-5,7,9-11H2,1H3,(H,21,22). The average molecular weight is 305 g/mol. The maximum atomic E-state index is 10.7. The number of benzene rings is 1. The van der Waals surface area contributed by atoms with Gasteiger partial charge in [0.15, 0.2) is 0 Å². The molecule has 1 heterocycles. The number of hydrogen-bond donors (Lipinski definition) is 2. The van der Waals surface area contributed by atoms with Gasteiger partial charge in [-0.2, -0.15) is 0 Å². The van der Waals surface area contributed by atoms with E-state index >= 15 is 0 Å². The molecule has 1 aromatic heterocycles. The third kappa shape index (κ3) is 4.04. The fourth-order valence-corrected chi connectivity index (χ4v) is 2.61. The third-order valence-corrected chi connectivity index (χ3v) is 3.94. The van der Waals surface area contributed by atoms with Crippen LogP contribution in [0.4, 0.5) is 0 Å². The van der Waals surface area contributed by atoms with E-state index in [0.717, 1.165) is 54.4 Å². The van der Waals surface area contributed by atoms with Crippen LogP contribution in [-0.2, 0) is 17.8 Å². The molecule has 0 aliphatic carbocycles. The summed E-state index contributed by atoms with van der Waals surface area (Å²) in [6.07, 6.45) is 4.61. The molecule has 0 bridgehead atoms. The molecule has 0 radical (unpaired) electrons. The van der Waals surface area contributed by atoms with E-state index in [1.807, 2.05) is 23.7 Å². The highest BCUT2D eigenvalue weighted by atomic mass is 16.4. The molecule has 1 aromatic carbocycles. The zero-order valence-electron chi connectivity index (χ0n) is 13.0. The SMILES string of the molecule is Cc1c(CCC(=O)O)ccc2c1nnn2CCCCCCO. The molecule has 22 heavy (non-hydrogen) atoms. The number of aryl methyl sites for hydroxylation is 3. The molecule has 2 N–H and O–H groups in total. The Kier molecular flexibility index (Phi) is 5.89. The van der Waals surface area contributed by atoms with Crippen LogP contribution in [-0.4, -0.2) is 37.8 Å². The number of nitrogens with zero attached hydrogens (tertiary/aromatic N) is 3. The van der Waals surface area contributed by atoms with Crippen molar-refractivity contribution in [2.24, 2.45) is 0 Å². The van der Waals surface area contributed by atoms with Crippen LogP contribution in [0.2, 0.25) is 0 Å². The van der Waals surface area contributed by atoms with Crippen LogP contribution in [0, 0.1) is 6.92 Å². The summed E-state index contributed by atoms with van der Waals surface area (Å²) in [5.41, 5.74) is 3.90. The Hall–Kier alpha value is -1.95. The molecule has 0 aliphatic rings. The lowest BCUT2D eigenvalue weighted by atomic mass is 10.0. The lowest BCUT2D eigenvalue weighted by Crippen LogP contribution is -2.01. The molecule has 0 amide bonds. The van der Waals surface area contributed by atoms with Crippen molar-refractivity contribution in [2.45, 2.75) is 52.0 Å². The largest absolute Gasteiger partial charge is 0.481 e. The second kappa shape index (κ2) is 7.89. The highest BCUT2D eigenvalue weighted by molar-refractivity contribution is 5.79. The van der Waals surface area contributed by atoms with E-state index in [1.54, 1.807) is 0 Å². The minimum absolute atomic E-state index is 0.130. The van der Waals surface area contributed by atoms with E-state index in [4.69, 9.17) is 10.2 Å². The summed E-state index contributed by atoms with van der Waals surface area (Å²) in [4.78, 5) is 10.7. The summed E-state index contributed by atoms with van der Waals surface area (Å²) in [7, 11) is 0. The van der Waals surface area contributed by atoms with Gasteiger partial charge in [-0.1, -0.05) is 24.1 Å². The van der Waals surface area contributed by atoms with E-state index in [-0.39, 0.29) is 13.0 Å². The first-order valence-electron chi connectivity index (χ1n) is 7.78. The van der Waals surface area contributed by atoms with Crippen LogP contribution in [0.25, 0.3) is 11.0 Å². The molecule has 0 spiro atoms. The van der Waals surface area contributed by atoms with Gasteiger partial charge >= 0.3 is 5.97 Å². The van der Waals surface area contributed by atoms with Crippen molar-refractivity contribution in [3.05, 3.63) is 23.3 Å². The van der Waals surface area contributed by atoms with Gasteiger partial charge in [0.1, 0.15) is 5.52 Å². The molecule has 120 valence electrons. The number of aliphatic hydroxyl groups excluding tert-OH is 1. The highest BCUT2D eigenvalue weighted by Gasteiger charge is 2.11. The number of hydrogen-bond acceptors (Lipinski definition) is 4. The van der Waals surface area contributed by atoms with Gasteiger partial charge in [-0.25, -0.2) is 4.68 Å². The van der Waals surface area contributed by atoms with E-state index in [1.165, 1.54) is 0 Å². The molecule has 0 saturated carbocycles. The van der Waals surface area contributed by atoms with Gasteiger partial charge in [0.05, 0.1) is 5.52 Å². The van der Waals surface area contributed by atoms with Gasteiger partial charge in [-0.15, -0.1) is 5.10 Å². The third-order valence-electron chi connectivity index (χ3n) is 3.94. The number of unbranched alkanes of at least 4 members (excludes halogenated alkanes) is 3. The van der Waals surface area contributed by atoms with Gasteiger partial charge < -0.3 is 10.2 Å². The normalized spacial score (nSPS) is 11.2. The molecule has 0 fully saturated rings. The number of aromatic nitrogens is 3. The number of carboxylic acid groups (broad SMARTS) is 1. The maximum Gasteiger partial charge on any atom is 0.303 e. The van der Waals surface area contributed by atoms with Crippen LogP contribution in [0.15, 0.2) is 12.1 Å². The van der Waals surface area contributed by atoms with E-state index in [0.29, 0.717) is 6.42 Å². The quantitative estimate of drug-likeness (QED) is 0.694. The highest BCUT2D eigenvalue weighted by Crippen LogP contribution is 2.21. The summed E-state index contributed by atoms with van der Waals surface area (Å²) in [6.45, 7) is 3.04. The van der Waals surface area contributed by atoms with Gasteiger partial charge in [0.25, 0.3) is 0 Å². The van der Waals surface area contributed by atoms with Crippen molar-refractivity contribution in [2.75, 3.05) is 6.61 Å². The molecule has 0 saturated heterocycles. The van der Waals surface area contributed by atoms with E-state index < -0.39 is 5.97 Å². The minimum Gasteiger partial charge on any atom is -0.481 e. The topological polar surface area (TPSA) is 88.2 Å². The number of rotatable bonds is 9. The summed E-state index contributed by atoms with van der Waals surface area (Å²) < 4.78 is 1.91. The van der Waals surface area contributed by atoms with Crippen molar-refractivity contribution in [1.82, 2.24) is 15.0 Å². The molecule has 6 nitrogen and oxygen atoms in total. The van der Waals surface area contributed by atoms with Crippen LogP contribution in [0.1, 0.15) is 43.2 Å². The first kappa shape index (κ1) is 16.4. The molecule has 6 heteroatoms. The van der Waals surface area contributed by atoms with Crippen LogP contribution in [0.3, 0.4) is 0 Å². The lowest BCUT2D eigenvalue weighted by molar-refractivity contribution is -0.136. The fourth-order valence-electron chi connectivity index (χ4n) is 2.61. The Bertz CT molecular complexity index is 637. The van der Waals surface area contributed by atoms with Crippen molar-refractivity contribution < 1.29 is 15.0 Å². The molecule has 0 aliphatic heterocycles. The van der Waals surface area contributed by atoms with Crippen LogP contribution in [0.5, 0.6) is 0 Å². The molecule has 2 rings (SSSR count). The maximum absolute atomic E-state index is 10.7. The Morgan fingerprint density at radius 2 is 2.00 bits per heavy atom. The number of aliphatic hydroxyl groups is 1. The molecular formula is C16H23N3O3. The number of carbonyl (C=O) groups is 1. The van der Waals surface area contributed by atoms with Gasteiger partial charge in [-0.05, 0) is 43.4 Å². The zero-order chi connectivity index (χ0) is 15.9. The molecule has 0 atom stereocenters. The van der Waals surface area contributed by atoms with Gasteiger partial charge in [0, 0.05) is 19.6 Å². The lowest BCUT2D eigenvalue weighted by Gasteiger charge is -2.06. The minimum atomic E-state index is -0.786. The first-order valence-corrected chi connectivity index (χ1v) is 7.78. The van der Waals surface area contributed by atoms with Crippen molar-refractivity contribution in [3.63, 3.8) is 0 Å². The summed E-state index contributed by atoms with van der Waals surface area (Å²) in [5.74, 6) is -0.786. The Labute approximate surface area is 129 Å². The van der Waals surface area contributed by atoms with Gasteiger partial charge in [0.2, 0.25) is 0 Å². The van der Waals surface area contributed by atoms with Gasteiger partial charge in [-0.3, -0.25) is 4.79 Å². The first-order chi connectivity index (χ1) is 10.6. The van der Waals surface area contributed by atoms with Crippen molar-refractivity contribution in [1.29, 1.82) is 0 Å². The second-order valence-corrected chi connectivity index (χ2v) is 5.56. The number of carboxylic acids is 1. The monoisotopic (exact) mass is 305 g/mol. The average Bonchev–Trinajstić information content (AvgIpc) is 2.90. The number of aliphatic carboxylic acids is 1. The Morgan fingerprint density at radius 3 is 2.73 bits per heavy atom. The summed E-state index contributed by atoms with van der Waals surface area (Å²) in [5, 5.41) is 26.0. The fraction of sp³-hybridized carbons (Fsp3) is 0.562. The van der Waals surface area contributed by atoms with Crippen LogP contribution < -0.4 is 0 Å². The molecule has 2 aromatic rings. The van der Waals surface area contributed by atoms with Crippen molar-refractivity contribution in [3.8, 4) is 0 Å². The molecular weight excluding hydrogens is 282 g/mol. The predicted molar refractivity (Wildman–Crippen MR) is 83.8 cm³/mol. The zero-order valence-corrected chi connectivity index (χ0v) is 13.0. The Morgan fingerprint density at radius 1 is 1.23 bits per heavy atom. The summed E-state index contributed by atoms with van der Waals surface area (Å²) in [6, 6.07) is 3.96.